The molecule has 1 saturated heterocycles. The third-order valence-electron chi connectivity index (χ3n) is 7.85. The molecule has 6 rings (SSSR count). The van der Waals surface area contributed by atoms with Gasteiger partial charge >= 0.3 is 0 Å². The van der Waals surface area contributed by atoms with Gasteiger partial charge in [-0.2, -0.15) is 4.31 Å². The quantitative estimate of drug-likeness (QED) is 0.207. The minimum Gasteiger partial charge on any atom is -0.464 e. The van der Waals surface area contributed by atoms with Crippen LogP contribution in [0.1, 0.15) is 24.0 Å². The van der Waals surface area contributed by atoms with Crippen LogP contribution in [0.2, 0.25) is 0 Å². The number of rotatable bonds is 10. The van der Waals surface area contributed by atoms with Gasteiger partial charge in [0.15, 0.2) is 5.43 Å². The molecule has 1 amide bonds. The number of nitrogens with zero attached hydrogens (tertiary/aromatic N) is 2. The highest BCUT2D eigenvalue weighted by Crippen LogP contribution is 2.25. The number of halogens is 1. The van der Waals surface area contributed by atoms with Gasteiger partial charge in [-0.15, -0.1) is 0 Å². The van der Waals surface area contributed by atoms with Gasteiger partial charge < -0.3 is 14.1 Å². The van der Waals surface area contributed by atoms with Crippen molar-refractivity contribution in [2.24, 2.45) is 0 Å². The lowest BCUT2D eigenvalue weighted by Gasteiger charge is -2.28. The molecule has 8 nitrogen and oxygen atoms in total. The molecule has 226 valence electrons. The number of carbonyl (C=O) groups excluding carboxylic acids is 1. The van der Waals surface area contributed by atoms with Crippen LogP contribution in [0.25, 0.3) is 21.7 Å². The molecule has 1 unspecified atom stereocenters. The van der Waals surface area contributed by atoms with Crippen molar-refractivity contribution in [3.63, 3.8) is 0 Å². The minimum atomic E-state index is -4.12. The molecule has 1 aliphatic heterocycles. The molecule has 44 heavy (non-hydrogen) atoms. The van der Waals surface area contributed by atoms with E-state index in [4.69, 9.17) is 9.15 Å². The molecule has 1 aromatic heterocycles. The van der Waals surface area contributed by atoms with Crippen LogP contribution in [0.4, 0.5) is 4.39 Å². The molecule has 0 bridgehead atoms. The van der Waals surface area contributed by atoms with Gasteiger partial charge in [-0.25, -0.2) is 12.8 Å². The number of carbonyl (C=O) groups is 1. The van der Waals surface area contributed by atoms with Gasteiger partial charge in [0.25, 0.3) is 0 Å². The maximum absolute atomic E-state index is 14.1. The van der Waals surface area contributed by atoms with Gasteiger partial charge in [0.1, 0.15) is 11.4 Å². The number of hydrogen-bond donors (Lipinski definition) is 0. The van der Waals surface area contributed by atoms with Gasteiger partial charge in [-0.05, 0) is 65.6 Å². The number of fused-ring (bicyclic) bond motifs is 2. The van der Waals surface area contributed by atoms with Crippen molar-refractivity contribution in [1.82, 2.24) is 9.21 Å². The van der Waals surface area contributed by atoms with Gasteiger partial charge in [0.05, 0.1) is 41.3 Å². The van der Waals surface area contributed by atoms with Crippen molar-refractivity contribution in [2.75, 3.05) is 19.7 Å². The summed E-state index contributed by atoms with van der Waals surface area (Å²) in [5.74, 6) is -0.949. The molecular formula is C34H31FN2O6S. The maximum atomic E-state index is 14.1. The molecule has 1 aliphatic rings. The monoisotopic (exact) mass is 614 g/mol. The molecule has 1 atom stereocenters. The lowest BCUT2D eigenvalue weighted by atomic mass is 10.1. The topological polar surface area (TPSA) is 97.1 Å². The Labute approximate surface area is 254 Å². The molecule has 0 aliphatic carbocycles. The van der Waals surface area contributed by atoms with E-state index in [0.717, 1.165) is 21.5 Å². The third-order valence-corrected chi connectivity index (χ3v) is 9.66. The second-order valence-electron chi connectivity index (χ2n) is 10.9. The molecule has 1 fully saturated rings. The predicted octanol–water partition coefficient (Wildman–Crippen LogP) is 5.48. The van der Waals surface area contributed by atoms with Crippen molar-refractivity contribution >= 4 is 37.7 Å². The molecule has 10 heteroatoms. The third kappa shape index (κ3) is 6.42. The lowest BCUT2D eigenvalue weighted by molar-refractivity contribution is -0.132. The second-order valence-corrected chi connectivity index (χ2v) is 12.8. The fourth-order valence-corrected chi connectivity index (χ4v) is 6.92. The Morgan fingerprint density at radius 3 is 2.43 bits per heavy atom. The van der Waals surface area contributed by atoms with Gasteiger partial charge in [-0.3, -0.25) is 9.59 Å². The summed E-state index contributed by atoms with van der Waals surface area (Å²) in [5.41, 5.74) is 0.987. The first-order valence-corrected chi connectivity index (χ1v) is 15.8. The summed E-state index contributed by atoms with van der Waals surface area (Å²) < 4.78 is 54.4. The summed E-state index contributed by atoms with van der Waals surface area (Å²) >= 11 is 0. The zero-order valence-electron chi connectivity index (χ0n) is 23.9. The van der Waals surface area contributed by atoms with Crippen molar-refractivity contribution in [3.05, 3.63) is 124 Å². The number of benzene rings is 4. The number of sulfonamides is 1. The Morgan fingerprint density at radius 2 is 1.66 bits per heavy atom. The van der Waals surface area contributed by atoms with Crippen molar-refractivity contribution in [2.45, 2.75) is 36.9 Å². The summed E-state index contributed by atoms with van der Waals surface area (Å²) in [6, 6.07) is 24.8. The van der Waals surface area contributed by atoms with Crippen LogP contribution in [0.15, 0.2) is 111 Å². The Kier molecular flexibility index (Phi) is 8.56. The largest absolute Gasteiger partial charge is 0.464 e. The molecule has 2 heterocycles. The zero-order chi connectivity index (χ0) is 30.7. The Bertz CT molecular complexity index is 1970. The minimum absolute atomic E-state index is 0.00337. The van der Waals surface area contributed by atoms with E-state index < -0.39 is 28.3 Å². The molecule has 0 saturated carbocycles. The Morgan fingerprint density at radius 1 is 0.909 bits per heavy atom. The smallest absolute Gasteiger partial charge is 0.243 e. The normalized spacial score (nSPS) is 15.3. The van der Waals surface area contributed by atoms with E-state index in [1.807, 2.05) is 24.3 Å². The second kappa shape index (κ2) is 12.7. The van der Waals surface area contributed by atoms with Crippen LogP contribution in [-0.4, -0.2) is 49.3 Å². The van der Waals surface area contributed by atoms with Crippen molar-refractivity contribution in [1.29, 1.82) is 0 Å². The van der Waals surface area contributed by atoms with Crippen molar-refractivity contribution in [3.8, 4) is 0 Å². The Hall–Kier alpha value is -4.38. The van der Waals surface area contributed by atoms with Crippen LogP contribution < -0.4 is 5.43 Å². The summed E-state index contributed by atoms with van der Waals surface area (Å²) in [6.07, 6.45) is 2.45. The summed E-state index contributed by atoms with van der Waals surface area (Å²) in [5, 5.41) is 2.03. The van der Waals surface area contributed by atoms with Gasteiger partial charge in [0, 0.05) is 19.7 Å². The zero-order valence-corrected chi connectivity index (χ0v) is 24.7. The predicted molar refractivity (Wildman–Crippen MR) is 165 cm³/mol. The Balaban J connectivity index is 1.34. The molecule has 0 spiro atoms. The van der Waals surface area contributed by atoms with E-state index in [1.165, 1.54) is 23.3 Å². The summed E-state index contributed by atoms with van der Waals surface area (Å²) in [7, 11) is -4.12. The standard InChI is InChI=1S/C34H31FN2O6S/c35-28-14-11-24(12-15-28)19-36(20-27-23-43-32-10-4-3-9-31(32)34(27)39)33(38)22-37(21-29-8-5-17-42-29)44(40,41)30-16-13-25-6-1-2-7-26(25)18-30/h1-4,6-7,9-16,18,23,29H,5,8,17,19-22H2. The number of para-hydroxylation sites is 1. The first kappa shape index (κ1) is 29.7. The van der Waals surface area contributed by atoms with Crippen LogP contribution in [-0.2, 0) is 32.6 Å². The molecule has 0 radical (unpaired) electrons. The molecule has 5 aromatic rings. The summed E-state index contributed by atoms with van der Waals surface area (Å²) in [4.78, 5) is 28.8. The average Bonchev–Trinajstić information content (AvgIpc) is 3.56. The van der Waals surface area contributed by atoms with E-state index in [9.17, 15) is 22.4 Å². The first-order valence-electron chi connectivity index (χ1n) is 14.4. The van der Waals surface area contributed by atoms with Gasteiger partial charge in [-0.1, -0.05) is 54.6 Å². The first-order chi connectivity index (χ1) is 21.3. The average molecular weight is 615 g/mol. The van der Waals surface area contributed by atoms with Crippen LogP contribution >= 0.6 is 0 Å². The van der Waals surface area contributed by atoms with E-state index in [-0.39, 0.29) is 41.6 Å². The fraction of sp³-hybridized carbons (Fsp3) is 0.235. The van der Waals surface area contributed by atoms with E-state index in [0.29, 0.717) is 29.6 Å². The summed E-state index contributed by atoms with van der Waals surface area (Å²) in [6.45, 7) is -0.0578. The SMILES string of the molecule is O=C(CN(CC1CCCO1)S(=O)(=O)c1ccc2ccccc2c1)N(Cc1ccc(F)cc1)Cc1coc2ccccc2c1=O. The molecular weight excluding hydrogens is 583 g/mol. The number of hydrogen-bond acceptors (Lipinski definition) is 6. The molecule has 0 N–H and O–H groups in total. The highest BCUT2D eigenvalue weighted by molar-refractivity contribution is 7.89. The highest BCUT2D eigenvalue weighted by Gasteiger charge is 2.32. The van der Waals surface area contributed by atoms with E-state index in [2.05, 4.69) is 0 Å². The van der Waals surface area contributed by atoms with Crippen LogP contribution in [0, 0.1) is 5.82 Å². The lowest BCUT2D eigenvalue weighted by Crippen LogP contribution is -2.45. The molecule has 4 aromatic carbocycles. The number of ether oxygens (including phenoxy) is 1. The highest BCUT2D eigenvalue weighted by atomic mass is 32.2. The fourth-order valence-electron chi connectivity index (χ4n) is 5.47. The van der Waals surface area contributed by atoms with Gasteiger partial charge in [0.2, 0.25) is 15.9 Å². The van der Waals surface area contributed by atoms with E-state index in [1.54, 1.807) is 54.6 Å². The van der Waals surface area contributed by atoms with Crippen LogP contribution in [0.3, 0.4) is 0 Å². The van der Waals surface area contributed by atoms with E-state index >= 15 is 0 Å². The van der Waals surface area contributed by atoms with Crippen LogP contribution in [0.5, 0.6) is 0 Å². The number of amides is 1. The maximum Gasteiger partial charge on any atom is 0.243 e. The van der Waals surface area contributed by atoms with Crippen molar-refractivity contribution < 1.29 is 26.8 Å².